The van der Waals surface area contributed by atoms with Crippen LogP contribution in [-0.4, -0.2) is 33.5 Å². The van der Waals surface area contributed by atoms with Gasteiger partial charge < -0.3 is 14.8 Å². The fourth-order valence-corrected chi connectivity index (χ4v) is 3.57. The summed E-state index contributed by atoms with van der Waals surface area (Å²) in [7, 11) is 0. The number of carbonyl (C=O) groups excluding carboxylic acids is 1. The average Bonchev–Trinajstić information content (AvgIpc) is 3.21. The van der Waals surface area contributed by atoms with Crippen molar-refractivity contribution in [3.05, 3.63) is 58.5 Å². The number of fused-ring (bicyclic) bond motifs is 1. The van der Waals surface area contributed by atoms with Crippen molar-refractivity contribution in [1.29, 1.82) is 0 Å². The maximum absolute atomic E-state index is 13.1. The van der Waals surface area contributed by atoms with Gasteiger partial charge in [-0.2, -0.15) is 0 Å². The van der Waals surface area contributed by atoms with Gasteiger partial charge in [-0.3, -0.25) is 9.59 Å². The average molecular weight is 377 g/mol. The number of rotatable bonds is 5. The summed E-state index contributed by atoms with van der Waals surface area (Å²) >= 11 is 0. The number of aromatic nitrogens is 3. The van der Waals surface area contributed by atoms with Crippen LogP contribution >= 0.6 is 0 Å². The number of hydrogen-bond donors (Lipinski definition) is 1. The lowest BCUT2D eigenvalue weighted by Gasteiger charge is -2.19. The first-order valence-corrected chi connectivity index (χ1v) is 9.60. The summed E-state index contributed by atoms with van der Waals surface area (Å²) in [5.41, 5.74) is 2.22. The van der Waals surface area contributed by atoms with Gasteiger partial charge in [0.25, 0.3) is 5.56 Å². The Morgan fingerprint density at radius 2 is 1.86 bits per heavy atom. The standard InChI is InChI=1S/C21H23N5O2/c1-15-7-6-10-18(22-15)24-19(27)11-14-26-17-9-3-2-8-16(17)23-20(21(26)28)25-12-4-5-13-25/h2-3,6-10H,4-5,11-14H2,1H3,(H,22,24,27). The maximum atomic E-state index is 13.1. The fourth-order valence-electron chi connectivity index (χ4n) is 3.57. The maximum Gasteiger partial charge on any atom is 0.294 e. The van der Waals surface area contributed by atoms with Crippen LogP contribution in [0.4, 0.5) is 11.6 Å². The molecule has 0 unspecified atom stereocenters. The van der Waals surface area contributed by atoms with Crippen molar-refractivity contribution < 1.29 is 4.79 Å². The SMILES string of the molecule is Cc1cccc(NC(=O)CCn2c(=O)c(N3CCCC3)nc3ccccc32)n1. The van der Waals surface area contributed by atoms with Crippen molar-refractivity contribution in [1.82, 2.24) is 14.5 Å². The van der Waals surface area contributed by atoms with E-state index in [1.807, 2.05) is 48.2 Å². The quantitative estimate of drug-likeness (QED) is 0.739. The third kappa shape index (κ3) is 3.74. The highest BCUT2D eigenvalue weighted by atomic mass is 16.2. The van der Waals surface area contributed by atoms with Crippen LogP contribution in [0.1, 0.15) is 25.0 Å². The molecule has 7 heteroatoms. The summed E-state index contributed by atoms with van der Waals surface area (Å²) in [6.45, 7) is 3.86. The number of pyridine rings is 1. The van der Waals surface area contributed by atoms with Gasteiger partial charge in [0.05, 0.1) is 11.0 Å². The zero-order valence-electron chi connectivity index (χ0n) is 15.9. The van der Waals surface area contributed by atoms with E-state index in [0.29, 0.717) is 18.2 Å². The zero-order chi connectivity index (χ0) is 19.5. The number of nitrogens with zero attached hydrogens (tertiary/aromatic N) is 4. The molecule has 4 rings (SSSR count). The molecule has 1 amide bonds. The molecule has 0 bridgehead atoms. The molecule has 0 spiro atoms. The highest BCUT2D eigenvalue weighted by molar-refractivity contribution is 5.89. The van der Waals surface area contributed by atoms with Gasteiger partial charge in [0, 0.05) is 31.7 Å². The minimum Gasteiger partial charge on any atom is -0.352 e. The predicted molar refractivity (Wildman–Crippen MR) is 110 cm³/mol. The molecular formula is C21H23N5O2. The van der Waals surface area contributed by atoms with Crippen LogP contribution in [0, 0.1) is 6.92 Å². The molecule has 1 aliphatic rings. The van der Waals surface area contributed by atoms with Crippen molar-refractivity contribution in [2.75, 3.05) is 23.3 Å². The Hall–Kier alpha value is -3.22. The first-order valence-electron chi connectivity index (χ1n) is 9.60. The minimum atomic E-state index is -0.173. The topological polar surface area (TPSA) is 80.1 Å². The summed E-state index contributed by atoms with van der Waals surface area (Å²) in [6, 6.07) is 13.0. The van der Waals surface area contributed by atoms with Gasteiger partial charge in [-0.1, -0.05) is 18.2 Å². The Labute approximate surface area is 163 Å². The number of carbonyl (C=O) groups is 1. The third-order valence-electron chi connectivity index (χ3n) is 4.96. The normalized spacial score (nSPS) is 13.8. The van der Waals surface area contributed by atoms with E-state index < -0.39 is 0 Å². The summed E-state index contributed by atoms with van der Waals surface area (Å²) < 4.78 is 1.67. The van der Waals surface area contributed by atoms with E-state index in [-0.39, 0.29) is 17.9 Å². The molecule has 3 aromatic rings. The molecule has 1 fully saturated rings. The van der Waals surface area contributed by atoms with Gasteiger partial charge in [-0.15, -0.1) is 0 Å². The Kier molecular flexibility index (Phi) is 5.06. The van der Waals surface area contributed by atoms with E-state index in [0.717, 1.165) is 42.7 Å². The van der Waals surface area contributed by atoms with Crippen LogP contribution in [0.3, 0.4) is 0 Å². The summed E-state index contributed by atoms with van der Waals surface area (Å²) in [5, 5.41) is 2.80. The molecule has 1 aliphatic heterocycles. The number of benzene rings is 1. The molecule has 144 valence electrons. The van der Waals surface area contributed by atoms with Gasteiger partial charge in [-0.05, 0) is 44.0 Å². The second-order valence-electron chi connectivity index (χ2n) is 7.04. The molecular weight excluding hydrogens is 354 g/mol. The van der Waals surface area contributed by atoms with Crippen molar-refractivity contribution in [2.45, 2.75) is 32.7 Å². The lowest BCUT2D eigenvalue weighted by Crippen LogP contribution is -2.32. The lowest BCUT2D eigenvalue weighted by atomic mass is 10.2. The van der Waals surface area contributed by atoms with Crippen LogP contribution in [0.25, 0.3) is 11.0 Å². The molecule has 0 atom stereocenters. The first kappa shape index (κ1) is 18.2. The number of nitrogens with one attached hydrogen (secondary N) is 1. The molecule has 3 heterocycles. The van der Waals surface area contributed by atoms with Crippen LogP contribution < -0.4 is 15.8 Å². The Bertz CT molecular complexity index is 1070. The number of anilines is 2. The number of para-hydroxylation sites is 2. The second kappa shape index (κ2) is 7.80. The highest BCUT2D eigenvalue weighted by Gasteiger charge is 2.20. The fraction of sp³-hybridized carbons (Fsp3) is 0.333. The van der Waals surface area contributed by atoms with Crippen molar-refractivity contribution in [2.24, 2.45) is 0 Å². The number of aryl methyl sites for hydroxylation is 2. The van der Waals surface area contributed by atoms with E-state index >= 15 is 0 Å². The smallest absolute Gasteiger partial charge is 0.294 e. The Morgan fingerprint density at radius 3 is 2.64 bits per heavy atom. The molecule has 1 saturated heterocycles. The number of hydrogen-bond acceptors (Lipinski definition) is 5. The van der Waals surface area contributed by atoms with Crippen molar-refractivity contribution in [3.63, 3.8) is 0 Å². The molecule has 0 saturated carbocycles. The predicted octanol–water partition coefficient (Wildman–Crippen LogP) is 2.73. The van der Waals surface area contributed by atoms with Gasteiger partial charge in [0.2, 0.25) is 5.91 Å². The molecule has 2 aromatic heterocycles. The van der Waals surface area contributed by atoms with Gasteiger partial charge in [-0.25, -0.2) is 9.97 Å². The number of amides is 1. The Balaban J connectivity index is 1.59. The van der Waals surface area contributed by atoms with Crippen LogP contribution in [0.15, 0.2) is 47.3 Å². The second-order valence-corrected chi connectivity index (χ2v) is 7.04. The van der Waals surface area contributed by atoms with Crippen molar-refractivity contribution >= 4 is 28.6 Å². The Morgan fingerprint density at radius 1 is 1.07 bits per heavy atom. The van der Waals surface area contributed by atoms with Gasteiger partial charge in [0.1, 0.15) is 5.82 Å². The van der Waals surface area contributed by atoms with Crippen LogP contribution in [0.2, 0.25) is 0 Å². The van der Waals surface area contributed by atoms with E-state index in [9.17, 15) is 9.59 Å². The van der Waals surface area contributed by atoms with Crippen LogP contribution in [-0.2, 0) is 11.3 Å². The molecule has 1 N–H and O–H groups in total. The van der Waals surface area contributed by atoms with E-state index in [1.165, 1.54) is 0 Å². The highest BCUT2D eigenvalue weighted by Crippen LogP contribution is 2.18. The van der Waals surface area contributed by atoms with Gasteiger partial charge >= 0.3 is 0 Å². The molecule has 0 radical (unpaired) electrons. The third-order valence-corrected chi connectivity index (χ3v) is 4.96. The largest absolute Gasteiger partial charge is 0.352 e. The summed E-state index contributed by atoms with van der Waals surface area (Å²) in [4.78, 5) is 36.4. The van der Waals surface area contributed by atoms with E-state index in [4.69, 9.17) is 0 Å². The van der Waals surface area contributed by atoms with Crippen molar-refractivity contribution in [3.8, 4) is 0 Å². The molecule has 1 aromatic carbocycles. The molecule has 0 aliphatic carbocycles. The minimum absolute atomic E-state index is 0.137. The zero-order valence-corrected chi connectivity index (χ0v) is 15.9. The van der Waals surface area contributed by atoms with E-state index in [2.05, 4.69) is 15.3 Å². The van der Waals surface area contributed by atoms with E-state index in [1.54, 1.807) is 10.6 Å². The van der Waals surface area contributed by atoms with Crippen LogP contribution in [0.5, 0.6) is 0 Å². The molecule has 7 nitrogen and oxygen atoms in total. The van der Waals surface area contributed by atoms with Gasteiger partial charge in [0.15, 0.2) is 5.82 Å². The first-order chi connectivity index (χ1) is 13.6. The summed E-state index contributed by atoms with van der Waals surface area (Å²) in [5.74, 6) is 0.834. The summed E-state index contributed by atoms with van der Waals surface area (Å²) in [6.07, 6.45) is 2.32. The molecule has 28 heavy (non-hydrogen) atoms. The lowest BCUT2D eigenvalue weighted by molar-refractivity contribution is -0.116. The monoisotopic (exact) mass is 377 g/mol.